The zero-order chi connectivity index (χ0) is 19.4. The minimum Gasteiger partial charge on any atom is -0.300 e. The summed E-state index contributed by atoms with van der Waals surface area (Å²) in [4.78, 5) is 26.3. The van der Waals surface area contributed by atoms with E-state index >= 15 is 0 Å². The Morgan fingerprint density at radius 2 is 2.15 bits per heavy atom. The highest BCUT2D eigenvalue weighted by molar-refractivity contribution is 8.26. The van der Waals surface area contributed by atoms with Crippen molar-refractivity contribution in [3.63, 3.8) is 0 Å². The van der Waals surface area contributed by atoms with Gasteiger partial charge in [-0.3, -0.25) is 14.5 Å². The first kappa shape index (κ1) is 19.6. The molecule has 1 aromatic heterocycles. The fraction of sp³-hybridized carbons (Fsp3) is 0.235. The molecule has 2 heterocycles. The first-order chi connectivity index (χ1) is 13.0. The number of thiocarbonyl (C=S) groups is 1. The number of aromatic nitrogens is 2. The molecule has 6 nitrogen and oxygen atoms in total. The van der Waals surface area contributed by atoms with Crippen LogP contribution in [-0.4, -0.2) is 37.8 Å². The van der Waals surface area contributed by atoms with Crippen molar-refractivity contribution in [3.05, 3.63) is 45.6 Å². The molecule has 1 saturated heterocycles. The van der Waals surface area contributed by atoms with Crippen LogP contribution < -0.4 is 5.32 Å². The molecular formula is C17H15FN4O2S3. The third-order valence-corrected chi connectivity index (χ3v) is 6.00. The molecule has 1 N–H and O–H groups in total. The van der Waals surface area contributed by atoms with E-state index in [1.807, 2.05) is 6.92 Å². The minimum atomic E-state index is -0.411. The van der Waals surface area contributed by atoms with Crippen LogP contribution in [0.15, 0.2) is 29.2 Å². The van der Waals surface area contributed by atoms with E-state index in [-0.39, 0.29) is 24.8 Å². The van der Waals surface area contributed by atoms with Crippen LogP contribution >= 0.6 is 35.3 Å². The highest BCUT2D eigenvalue weighted by Gasteiger charge is 2.32. The monoisotopic (exact) mass is 422 g/mol. The molecule has 0 saturated carbocycles. The summed E-state index contributed by atoms with van der Waals surface area (Å²) in [6.45, 7) is 2.10. The molecule has 2 amide bonds. The summed E-state index contributed by atoms with van der Waals surface area (Å²) in [5.74, 6) is -1.02. The van der Waals surface area contributed by atoms with E-state index in [0.29, 0.717) is 19.9 Å². The molecule has 1 aromatic carbocycles. The summed E-state index contributed by atoms with van der Waals surface area (Å²) < 4.78 is 14.1. The molecule has 1 fully saturated rings. The van der Waals surface area contributed by atoms with Gasteiger partial charge in [0.1, 0.15) is 15.1 Å². The second-order valence-electron chi connectivity index (χ2n) is 5.51. The maximum Gasteiger partial charge on any atom is 0.266 e. The molecule has 1 aliphatic heterocycles. The first-order valence-corrected chi connectivity index (χ1v) is 10.1. The number of carbonyl (C=O) groups is 2. The van der Waals surface area contributed by atoms with Crippen molar-refractivity contribution in [1.82, 2.24) is 15.1 Å². The van der Waals surface area contributed by atoms with Crippen molar-refractivity contribution >= 4 is 62.7 Å². The lowest BCUT2D eigenvalue weighted by atomic mass is 10.2. The summed E-state index contributed by atoms with van der Waals surface area (Å²) in [5.41, 5.74) is 0.318. The number of carbonyl (C=O) groups excluding carboxylic acids is 2. The lowest BCUT2D eigenvalue weighted by Crippen LogP contribution is -2.31. The van der Waals surface area contributed by atoms with Crippen LogP contribution in [0.3, 0.4) is 0 Å². The van der Waals surface area contributed by atoms with Gasteiger partial charge in [0.15, 0.2) is 0 Å². The van der Waals surface area contributed by atoms with Gasteiger partial charge in [-0.05, 0) is 18.6 Å². The van der Waals surface area contributed by atoms with E-state index in [1.165, 1.54) is 28.4 Å². The molecule has 1 aliphatic rings. The van der Waals surface area contributed by atoms with Crippen LogP contribution in [0.5, 0.6) is 0 Å². The van der Waals surface area contributed by atoms with Gasteiger partial charge in [0.2, 0.25) is 11.0 Å². The van der Waals surface area contributed by atoms with E-state index in [9.17, 15) is 14.0 Å². The molecule has 10 heteroatoms. The number of rotatable bonds is 6. The Morgan fingerprint density at radius 3 is 2.85 bits per heavy atom. The fourth-order valence-corrected chi connectivity index (χ4v) is 4.26. The van der Waals surface area contributed by atoms with Gasteiger partial charge in [-0.25, -0.2) is 4.39 Å². The van der Waals surface area contributed by atoms with Crippen molar-refractivity contribution in [2.75, 3.05) is 11.9 Å². The van der Waals surface area contributed by atoms with E-state index in [0.717, 1.165) is 23.2 Å². The number of halogens is 1. The Morgan fingerprint density at radius 1 is 1.37 bits per heavy atom. The number of hydrogen-bond acceptors (Lipinski definition) is 7. The molecule has 140 valence electrons. The van der Waals surface area contributed by atoms with Crippen LogP contribution in [0, 0.1) is 5.82 Å². The highest BCUT2D eigenvalue weighted by atomic mass is 32.2. The van der Waals surface area contributed by atoms with Crippen molar-refractivity contribution in [2.24, 2.45) is 0 Å². The maximum absolute atomic E-state index is 13.8. The Hall–Kier alpha value is -2.17. The Bertz CT molecular complexity index is 928. The summed E-state index contributed by atoms with van der Waals surface area (Å²) in [7, 11) is 0. The largest absolute Gasteiger partial charge is 0.300 e. The second-order valence-corrected chi connectivity index (χ2v) is 8.25. The molecular weight excluding hydrogens is 407 g/mol. The van der Waals surface area contributed by atoms with Crippen LogP contribution in [0.25, 0.3) is 6.08 Å². The number of anilines is 1. The van der Waals surface area contributed by atoms with Crippen molar-refractivity contribution in [3.8, 4) is 0 Å². The Balaban J connectivity index is 1.60. The molecule has 0 bridgehead atoms. The van der Waals surface area contributed by atoms with Gasteiger partial charge in [0.25, 0.3) is 5.91 Å². The number of nitrogens with one attached hydrogen (secondary N) is 1. The van der Waals surface area contributed by atoms with Gasteiger partial charge in [-0.2, -0.15) is 0 Å². The van der Waals surface area contributed by atoms with Gasteiger partial charge in [0, 0.05) is 18.5 Å². The SMILES string of the molecule is CCc1nnc(NC(=O)CCN2C(=O)C(=Cc3ccccc3F)SC2=S)s1. The van der Waals surface area contributed by atoms with Crippen molar-refractivity contribution in [1.29, 1.82) is 0 Å². The summed E-state index contributed by atoms with van der Waals surface area (Å²) in [5, 5.41) is 11.7. The lowest BCUT2D eigenvalue weighted by Gasteiger charge is -2.13. The van der Waals surface area contributed by atoms with Gasteiger partial charge in [0.05, 0.1) is 4.91 Å². The number of aryl methyl sites for hydroxylation is 1. The van der Waals surface area contributed by atoms with E-state index in [1.54, 1.807) is 18.2 Å². The summed E-state index contributed by atoms with van der Waals surface area (Å²) in [6.07, 6.45) is 2.29. The molecule has 0 unspecified atom stereocenters. The van der Waals surface area contributed by atoms with Gasteiger partial charge in [-0.15, -0.1) is 10.2 Å². The van der Waals surface area contributed by atoms with E-state index in [2.05, 4.69) is 15.5 Å². The quantitative estimate of drug-likeness (QED) is 0.568. The molecule has 0 radical (unpaired) electrons. The standard InChI is InChI=1S/C17H15FN4O2S3/c1-2-14-20-21-16(27-14)19-13(23)7-8-22-15(24)12(26-17(22)25)9-10-5-3-4-6-11(10)18/h3-6,9H,2,7-8H2,1H3,(H,19,21,23). The van der Waals surface area contributed by atoms with Crippen LogP contribution in [0.1, 0.15) is 23.9 Å². The summed E-state index contributed by atoms with van der Waals surface area (Å²) in [6, 6.07) is 6.19. The number of amides is 2. The van der Waals surface area contributed by atoms with Crippen molar-refractivity contribution in [2.45, 2.75) is 19.8 Å². The lowest BCUT2D eigenvalue weighted by molar-refractivity contribution is -0.122. The number of benzene rings is 1. The Kier molecular flexibility index (Phi) is 6.30. The average Bonchev–Trinajstić information content (AvgIpc) is 3.20. The predicted octanol–water partition coefficient (Wildman–Crippen LogP) is 3.47. The van der Waals surface area contributed by atoms with E-state index in [4.69, 9.17) is 12.2 Å². The third-order valence-electron chi connectivity index (χ3n) is 3.64. The number of hydrogen-bond donors (Lipinski definition) is 1. The van der Waals surface area contributed by atoms with Crippen LogP contribution in [-0.2, 0) is 16.0 Å². The van der Waals surface area contributed by atoms with E-state index < -0.39 is 5.82 Å². The molecule has 3 rings (SSSR count). The van der Waals surface area contributed by atoms with Gasteiger partial charge >= 0.3 is 0 Å². The van der Waals surface area contributed by atoms with Gasteiger partial charge in [-0.1, -0.05) is 60.4 Å². The van der Waals surface area contributed by atoms with Crippen LogP contribution in [0.2, 0.25) is 0 Å². The third kappa shape index (κ3) is 4.76. The zero-order valence-corrected chi connectivity index (χ0v) is 16.7. The molecule has 0 atom stereocenters. The number of thioether (sulfide) groups is 1. The first-order valence-electron chi connectivity index (χ1n) is 8.10. The fourth-order valence-electron chi connectivity index (χ4n) is 2.27. The van der Waals surface area contributed by atoms with Crippen LogP contribution in [0.4, 0.5) is 9.52 Å². The highest BCUT2D eigenvalue weighted by Crippen LogP contribution is 2.33. The maximum atomic E-state index is 13.8. The molecule has 0 aliphatic carbocycles. The average molecular weight is 423 g/mol. The Labute approximate surface area is 168 Å². The second kappa shape index (κ2) is 8.68. The predicted molar refractivity (Wildman–Crippen MR) is 109 cm³/mol. The zero-order valence-electron chi connectivity index (χ0n) is 14.3. The topological polar surface area (TPSA) is 75.2 Å². The molecule has 0 spiro atoms. The molecule has 27 heavy (non-hydrogen) atoms. The van der Waals surface area contributed by atoms with Gasteiger partial charge < -0.3 is 5.32 Å². The molecule has 2 aromatic rings. The van der Waals surface area contributed by atoms with Crippen molar-refractivity contribution < 1.29 is 14.0 Å². The smallest absolute Gasteiger partial charge is 0.266 e. The summed E-state index contributed by atoms with van der Waals surface area (Å²) >= 11 is 7.64. The normalized spacial score (nSPS) is 15.6. The minimum absolute atomic E-state index is 0.0699. The number of nitrogens with zero attached hydrogens (tertiary/aromatic N) is 3.